The third-order valence-electron chi connectivity index (χ3n) is 4.44. The molecule has 2 amide bonds. The van der Waals surface area contributed by atoms with E-state index in [2.05, 4.69) is 15.5 Å². The van der Waals surface area contributed by atoms with Crippen LogP contribution in [0.5, 0.6) is 0 Å². The van der Waals surface area contributed by atoms with Gasteiger partial charge < -0.3 is 15.0 Å². The predicted molar refractivity (Wildman–Crippen MR) is 103 cm³/mol. The average Bonchev–Trinajstić information content (AvgIpc) is 2.99. The van der Waals surface area contributed by atoms with E-state index in [4.69, 9.17) is 4.74 Å². The number of ether oxygens (including phenoxy) is 1. The Labute approximate surface area is 159 Å². The highest BCUT2D eigenvalue weighted by atomic mass is 16.6. The normalized spacial score (nSPS) is 13.9. The molecule has 7 nitrogen and oxygen atoms in total. The quantitative estimate of drug-likeness (QED) is 0.846. The average molecular weight is 370 g/mol. The Morgan fingerprint density at radius 1 is 1.26 bits per heavy atom. The van der Waals surface area contributed by atoms with Crippen molar-refractivity contribution in [1.82, 2.24) is 15.1 Å². The van der Waals surface area contributed by atoms with E-state index in [0.29, 0.717) is 25.2 Å². The zero-order valence-electron chi connectivity index (χ0n) is 16.5. The number of aromatic amines is 1. The largest absolute Gasteiger partial charge is 0.444 e. The predicted octanol–water partition coefficient (Wildman–Crippen LogP) is 3.57. The van der Waals surface area contributed by atoms with Gasteiger partial charge in [-0.25, -0.2) is 4.79 Å². The number of aryl methyl sites for hydroxylation is 2. The van der Waals surface area contributed by atoms with Crippen molar-refractivity contribution in [2.45, 2.75) is 53.2 Å². The monoisotopic (exact) mass is 370 g/mol. The molecule has 0 radical (unpaired) electrons. The Morgan fingerprint density at radius 2 is 2.00 bits per heavy atom. The number of rotatable bonds is 2. The van der Waals surface area contributed by atoms with Crippen molar-refractivity contribution < 1.29 is 14.3 Å². The highest BCUT2D eigenvalue weighted by molar-refractivity contribution is 6.04. The lowest BCUT2D eigenvalue weighted by molar-refractivity contribution is 0.0221. The van der Waals surface area contributed by atoms with Crippen LogP contribution in [0, 0.1) is 13.8 Å². The van der Waals surface area contributed by atoms with Crippen LogP contribution in [0.15, 0.2) is 18.2 Å². The number of anilines is 1. The summed E-state index contributed by atoms with van der Waals surface area (Å²) in [6.07, 6.45) is 0.199. The Hall–Kier alpha value is -2.83. The molecule has 0 saturated carbocycles. The number of nitrogens with zero attached hydrogens (tertiary/aromatic N) is 2. The fourth-order valence-corrected chi connectivity index (χ4v) is 3.04. The Bertz CT molecular complexity index is 880. The summed E-state index contributed by atoms with van der Waals surface area (Å²) in [6.45, 7) is 10.3. The smallest absolute Gasteiger partial charge is 0.410 e. The zero-order chi connectivity index (χ0) is 19.8. The SMILES string of the molecule is Cc1ccc(C)c(NC(=O)c2n[nH]c3c2CCN(C(=O)OC(C)(C)C)C3)c1. The molecule has 1 aliphatic heterocycles. The number of aromatic nitrogens is 2. The second-order valence-electron chi connectivity index (χ2n) is 7.95. The fraction of sp³-hybridized carbons (Fsp3) is 0.450. The lowest BCUT2D eigenvalue weighted by atomic mass is 10.0. The first-order chi connectivity index (χ1) is 12.6. The number of hydrogen-bond acceptors (Lipinski definition) is 4. The van der Waals surface area contributed by atoms with Gasteiger partial charge in [0.1, 0.15) is 5.60 Å². The maximum Gasteiger partial charge on any atom is 0.410 e. The van der Waals surface area contributed by atoms with Crippen molar-refractivity contribution in [2.75, 3.05) is 11.9 Å². The molecule has 0 aliphatic carbocycles. The second kappa shape index (κ2) is 7.06. The second-order valence-corrected chi connectivity index (χ2v) is 7.95. The minimum atomic E-state index is -0.540. The van der Waals surface area contributed by atoms with Gasteiger partial charge in [0.25, 0.3) is 5.91 Å². The number of amides is 2. The van der Waals surface area contributed by atoms with Gasteiger partial charge in [-0.2, -0.15) is 5.10 Å². The van der Waals surface area contributed by atoms with E-state index >= 15 is 0 Å². The van der Waals surface area contributed by atoms with Crippen molar-refractivity contribution in [3.8, 4) is 0 Å². The van der Waals surface area contributed by atoms with Gasteiger partial charge in [-0.3, -0.25) is 9.89 Å². The molecule has 0 fully saturated rings. The van der Waals surface area contributed by atoms with Crippen LogP contribution in [-0.2, 0) is 17.7 Å². The molecule has 1 aliphatic rings. The van der Waals surface area contributed by atoms with Crippen molar-refractivity contribution in [1.29, 1.82) is 0 Å². The first kappa shape index (κ1) is 18.9. The number of fused-ring (bicyclic) bond motifs is 1. The lowest BCUT2D eigenvalue weighted by Crippen LogP contribution is -2.40. The Morgan fingerprint density at radius 3 is 2.70 bits per heavy atom. The molecule has 0 bridgehead atoms. The lowest BCUT2D eigenvalue weighted by Gasteiger charge is -2.29. The van der Waals surface area contributed by atoms with Gasteiger partial charge in [0.2, 0.25) is 0 Å². The molecule has 2 N–H and O–H groups in total. The van der Waals surface area contributed by atoms with Gasteiger partial charge in [0.15, 0.2) is 5.69 Å². The summed E-state index contributed by atoms with van der Waals surface area (Å²) in [7, 11) is 0. The van der Waals surface area contributed by atoms with Gasteiger partial charge in [-0.05, 0) is 58.2 Å². The van der Waals surface area contributed by atoms with Gasteiger partial charge in [-0.1, -0.05) is 12.1 Å². The number of hydrogen-bond donors (Lipinski definition) is 2. The van der Waals surface area contributed by atoms with Crippen LogP contribution >= 0.6 is 0 Å². The number of benzene rings is 1. The van der Waals surface area contributed by atoms with E-state index in [0.717, 1.165) is 28.1 Å². The molecule has 0 atom stereocenters. The van der Waals surface area contributed by atoms with Gasteiger partial charge in [0.05, 0.1) is 12.2 Å². The highest BCUT2D eigenvalue weighted by Gasteiger charge is 2.30. The first-order valence-electron chi connectivity index (χ1n) is 9.06. The van der Waals surface area contributed by atoms with E-state index in [1.54, 1.807) is 4.90 Å². The summed E-state index contributed by atoms with van der Waals surface area (Å²) in [5.41, 5.74) is 4.33. The third-order valence-corrected chi connectivity index (χ3v) is 4.44. The topological polar surface area (TPSA) is 87.3 Å². The molecule has 0 saturated heterocycles. The molecule has 2 heterocycles. The van der Waals surface area contributed by atoms with Crippen molar-refractivity contribution in [2.24, 2.45) is 0 Å². The number of carbonyl (C=O) groups is 2. The van der Waals surface area contributed by atoms with Gasteiger partial charge in [-0.15, -0.1) is 0 Å². The summed E-state index contributed by atoms with van der Waals surface area (Å²) < 4.78 is 5.42. The highest BCUT2D eigenvalue weighted by Crippen LogP contribution is 2.24. The minimum absolute atomic E-state index is 0.244. The molecule has 144 valence electrons. The number of nitrogens with one attached hydrogen (secondary N) is 2. The Kier molecular flexibility index (Phi) is 4.95. The molecule has 0 spiro atoms. The number of H-pyrrole nitrogens is 1. The molecule has 1 aromatic heterocycles. The van der Waals surface area contributed by atoms with Crippen LogP contribution < -0.4 is 5.32 Å². The van der Waals surface area contributed by atoms with Crippen molar-refractivity contribution in [3.63, 3.8) is 0 Å². The van der Waals surface area contributed by atoms with E-state index in [1.807, 2.05) is 52.8 Å². The summed E-state index contributed by atoms with van der Waals surface area (Å²) in [5.74, 6) is -0.244. The minimum Gasteiger partial charge on any atom is -0.444 e. The van der Waals surface area contributed by atoms with Crippen LogP contribution in [0.25, 0.3) is 0 Å². The first-order valence-corrected chi connectivity index (χ1v) is 9.06. The van der Waals surface area contributed by atoms with Crippen LogP contribution in [0.2, 0.25) is 0 Å². The maximum atomic E-state index is 12.7. The van der Waals surface area contributed by atoms with E-state index < -0.39 is 5.60 Å². The van der Waals surface area contributed by atoms with Gasteiger partial charge >= 0.3 is 6.09 Å². The van der Waals surface area contributed by atoms with Crippen LogP contribution in [0.1, 0.15) is 53.6 Å². The van der Waals surface area contributed by atoms with Crippen molar-refractivity contribution >= 4 is 17.7 Å². The van der Waals surface area contributed by atoms with Crippen LogP contribution in [0.3, 0.4) is 0 Å². The van der Waals surface area contributed by atoms with E-state index in [-0.39, 0.29) is 12.0 Å². The summed E-state index contributed by atoms with van der Waals surface area (Å²) in [4.78, 5) is 26.6. The van der Waals surface area contributed by atoms with Gasteiger partial charge in [0, 0.05) is 17.8 Å². The maximum absolute atomic E-state index is 12.7. The summed E-state index contributed by atoms with van der Waals surface area (Å²) in [5, 5.41) is 10.0. The standard InChI is InChI=1S/C20H26N4O3/c1-12-6-7-13(2)15(10-12)21-18(25)17-14-8-9-24(11-16(14)22-23-17)19(26)27-20(3,4)5/h6-7,10H,8-9,11H2,1-5H3,(H,21,25)(H,22,23). The molecule has 27 heavy (non-hydrogen) atoms. The molecular formula is C20H26N4O3. The number of carbonyl (C=O) groups excluding carboxylic acids is 2. The van der Waals surface area contributed by atoms with Crippen LogP contribution in [-0.4, -0.2) is 39.2 Å². The Balaban J connectivity index is 1.73. The molecule has 7 heteroatoms. The molecule has 2 aromatic rings. The molecule has 1 aromatic carbocycles. The van der Waals surface area contributed by atoms with Crippen molar-refractivity contribution in [3.05, 3.63) is 46.3 Å². The zero-order valence-corrected chi connectivity index (χ0v) is 16.5. The summed E-state index contributed by atoms with van der Waals surface area (Å²) >= 11 is 0. The molecule has 0 unspecified atom stereocenters. The van der Waals surface area contributed by atoms with E-state index in [9.17, 15) is 9.59 Å². The van der Waals surface area contributed by atoms with E-state index in [1.165, 1.54) is 0 Å². The third kappa shape index (κ3) is 4.30. The molecular weight excluding hydrogens is 344 g/mol. The van der Waals surface area contributed by atoms with Crippen LogP contribution in [0.4, 0.5) is 10.5 Å². The molecule has 3 rings (SSSR count). The summed E-state index contributed by atoms with van der Waals surface area (Å²) in [6, 6.07) is 5.92. The fourth-order valence-electron chi connectivity index (χ4n) is 3.04.